The van der Waals surface area contributed by atoms with E-state index in [0.29, 0.717) is 12.2 Å². The van der Waals surface area contributed by atoms with Gasteiger partial charge in [0, 0.05) is 18.2 Å². The lowest BCUT2D eigenvalue weighted by Crippen LogP contribution is -2.45. The van der Waals surface area contributed by atoms with Crippen LogP contribution in [-0.4, -0.2) is 31.6 Å². The Bertz CT molecular complexity index is 383. The largest absolute Gasteiger partial charge is 0.494 e. The van der Waals surface area contributed by atoms with Gasteiger partial charge in [-0.05, 0) is 50.6 Å². The van der Waals surface area contributed by atoms with Gasteiger partial charge in [0.25, 0.3) is 5.91 Å². The van der Waals surface area contributed by atoms with Gasteiger partial charge in [-0.3, -0.25) is 4.79 Å². The predicted molar refractivity (Wildman–Crippen MR) is 71.0 cm³/mol. The van der Waals surface area contributed by atoms with E-state index < -0.39 is 0 Å². The fourth-order valence-electron chi connectivity index (χ4n) is 2.11. The number of carbonyl (C=O) groups is 1. The van der Waals surface area contributed by atoms with Crippen LogP contribution in [0.25, 0.3) is 0 Å². The molecule has 1 saturated heterocycles. The number of rotatable bonds is 4. The molecule has 2 rings (SSSR count). The fourth-order valence-corrected chi connectivity index (χ4v) is 2.11. The third kappa shape index (κ3) is 3.47. The highest BCUT2D eigenvalue weighted by atomic mass is 16.5. The van der Waals surface area contributed by atoms with Gasteiger partial charge in [0.15, 0.2) is 0 Å². The first-order valence-corrected chi connectivity index (χ1v) is 6.54. The third-order valence-corrected chi connectivity index (χ3v) is 3.06. The van der Waals surface area contributed by atoms with Crippen molar-refractivity contribution < 1.29 is 9.53 Å². The van der Waals surface area contributed by atoms with E-state index in [9.17, 15) is 4.79 Å². The highest BCUT2D eigenvalue weighted by Gasteiger charge is 2.16. The van der Waals surface area contributed by atoms with E-state index in [1.807, 2.05) is 19.1 Å². The average molecular weight is 248 g/mol. The number of piperidine rings is 1. The van der Waals surface area contributed by atoms with E-state index in [4.69, 9.17) is 4.74 Å². The minimum absolute atomic E-state index is 0.00764. The molecule has 0 radical (unpaired) electrons. The SMILES string of the molecule is CCOc1ccc(C(=O)NC2CCCNC2)cc1. The molecule has 18 heavy (non-hydrogen) atoms. The van der Waals surface area contributed by atoms with Gasteiger partial charge < -0.3 is 15.4 Å². The maximum absolute atomic E-state index is 12.0. The normalized spacial score (nSPS) is 19.3. The summed E-state index contributed by atoms with van der Waals surface area (Å²) in [5.41, 5.74) is 0.684. The Morgan fingerprint density at radius 3 is 2.83 bits per heavy atom. The lowest BCUT2D eigenvalue weighted by molar-refractivity contribution is 0.0930. The van der Waals surface area contributed by atoms with Crippen LogP contribution >= 0.6 is 0 Å². The maximum Gasteiger partial charge on any atom is 0.251 e. The van der Waals surface area contributed by atoms with Crippen LogP contribution in [0.3, 0.4) is 0 Å². The summed E-state index contributed by atoms with van der Waals surface area (Å²) in [5, 5.41) is 6.33. The first kappa shape index (κ1) is 12.9. The standard InChI is InChI=1S/C14H20N2O2/c1-2-18-13-7-5-11(6-8-13)14(17)16-12-4-3-9-15-10-12/h5-8,12,15H,2-4,9-10H2,1H3,(H,16,17). The van der Waals surface area contributed by atoms with Gasteiger partial charge in [0.1, 0.15) is 5.75 Å². The Labute approximate surface area is 108 Å². The van der Waals surface area contributed by atoms with Crippen molar-refractivity contribution in [3.63, 3.8) is 0 Å². The first-order chi connectivity index (χ1) is 8.79. The topological polar surface area (TPSA) is 50.4 Å². The molecule has 1 amide bonds. The van der Waals surface area contributed by atoms with E-state index in [-0.39, 0.29) is 11.9 Å². The number of nitrogens with one attached hydrogen (secondary N) is 2. The second-order valence-corrected chi connectivity index (χ2v) is 4.47. The molecule has 1 fully saturated rings. The van der Waals surface area contributed by atoms with E-state index in [2.05, 4.69) is 10.6 Å². The van der Waals surface area contributed by atoms with Gasteiger partial charge in [0.05, 0.1) is 6.61 Å². The highest BCUT2D eigenvalue weighted by molar-refractivity contribution is 5.94. The molecular weight excluding hydrogens is 228 g/mol. The second kappa shape index (κ2) is 6.40. The molecule has 2 N–H and O–H groups in total. The molecule has 1 aliphatic rings. The van der Waals surface area contributed by atoms with Crippen LogP contribution in [-0.2, 0) is 0 Å². The highest BCUT2D eigenvalue weighted by Crippen LogP contribution is 2.12. The monoisotopic (exact) mass is 248 g/mol. The minimum Gasteiger partial charge on any atom is -0.494 e. The molecule has 0 aliphatic carbocycles. The number of benzene rings is 1. The molecule has 4 heteroatoms. The molecule has 0 aromatic heterocycles. The first-order valence-electron chi connectivity index (χ1n) is 6.54. The van der Waals surface area contributed by atoms with Gasteiger partial charge >= 0.3 is 0 Å². The summed E-state index contributed by atoms with van der Waals surface area (Å²) in [6.07, 6.45) is 2.17. The number of amides is 1. The molecule has 1 heterocycles. The van der Waals surface area contributed by atoms with Crippen LogP contribution < -0.4 is 15.4 Å². The van der Waals surface area contributed by atoms with Gasteiger partial charge in [-0.25, -0.2) is 0 Å². The Morgan fingerprint density at radius 1 is 1.44 bits per heavy atom. The summed E-state index contributed by atoms with van der Waals surface area (Å²) in [6.45, 7) is 4.49. The summed E-state index contributed by atoms with van der Waals surface area (Å²) in [4.78, 5) is 12.0. The van der Waals surface area contributed by atoms with Crippen LogP contribution in [0.15, 0.2) is 24.3 Å². The van der Waals surface area contributed by atoms with E-state index >= 15 is 0 Å². The predicted octanol–water partition coefficient (Wildman–Crippen LogP) is 1.57. The average Bonchev–Trinajstić information content (AvgIpc) is 2.41. The smallest absolute Gasteiger partial charge is 0.251 e. The van der Waals surface area contributed by atoms with Gasteiger partial charge in [-0.1, -0.05) is 0 Å². The van der Waals surface area contributed by atoms with Crippen LogP contribution in [0, 0.1) is 0 Å². The zero-order valence-electron chi connectivity index (χ0n) is 10.7. The molecule has 0 saturated carbocycles. The Morgan fingerprint density at radius 2 is 2.22 bits per heavy atom. The van der Waals surface area contributed by atoms with Crippen molar-refractivity contribution in [1.82, 2.24) is 10.6 Å². The van der Waals surface area contributed by atoms with Gasteiger partial charge in [-0.2, -0.15) is 0 Å². The molecule has 1 aliphatic heterocycles. The minimum atomic E-state index is -0.00764. The zero-order chi connectivity index (χ0) is 12.8. The van der Waals surface area contributed by atoms with Crippen molar-refractivity contribution in [3.8, 4) is 5.75 Å². The summed E-state index contributed by atoms with van der Waals surface area (Å²) < 4.78 is 5.35. The zero-order valence-corrected chi connectivity index (χ0v) is 10.7. The summed E-state index contributed by atoms with van der Waals surface area (Å²) >= 11 is 0. The van der Waals surface area contributed by atoms with E-state index in [0.717, 1.165) is 31.7 Å². The van der Waals surface area contributed by atoms with Crippen LogP contribution in [0.1, 0.15) is 30.1 Å². The second-order valence-electron chi connectivity index (χ2n) is 4.47. The van der Waals surface area contributed by atoms with Crippen molar-refractivity contribution >= 4 is 5.91 Å². The number of hydrogen-bond donors (Lipinski definition) is 2. The van der Waals surface area contributed by atoms with Crippen LogP contribution in [0.2, 0.25) is 0 Å². The molecule has 1 aromatic rings. The lowest BCUT2D eigenvalue weighted by Gasteiger charge is -2.23. The molecule has 4 nitrogen and oxygen atoms in total. The molecule has 1 atom stereocenters. The van der Waals surface area contributed by atoms with Gasteiger partial charge in [0.2, 0.25) is 0 Å². The lowest BCUT2D eigenvalue weighted by atomic mass is 10.1. The van der Waals surface area contributed by atoms with Crippen molar-refractivity contribution in [2.75, 3.05) is 19.7 Å². The molecular formula is C14H20N2O2. The number of ether oxygens (including phenoxy) is 1. The van der Waals surface area contributed by atoms with E-state index in [1.54, 1.807) is 12.1 Å². The summed E-state index contributed by atoms with van der Waals surface area (Å²) in [6, 6.07) is 7.51. The van der Waals surface area contributed by atoms with Crippen molar-refractivity contribution in [3.05, 3.63) is 29.8 Å². The summed E-state index contributed by atoms with van der Waals surface area (Å²) in [7, 11) is 0. The Balaban J connectivity index is 1.91. The number of carbonyl (C=O) groups excluding carboxylic acids is 1. The number of hydrogen-bond acceptors (Lipinski definition) is 3. The molecule has 1 unspecified atom stereocenters. The molecule has 1 aromatic carbocycles. The molecule has 98 valence electrons. The van der Waals surface area contributed by atoms with E-state index in [1.165, 1.54) is 0 Å². The van der Waals surface area contributed by atoms with Crippen LogP contribution in [0.4, 0.5) is 0 Å². The van der Waals surface area contributed by atoms with Crippen molar-refractivity contribution in [2.24, 2.45) is 0 Å². The quantitative estimate of drug-likeness (QED) is 0.850. The fraction of sp³-hybridized carbons (Fsp3) is 0.500. The van der Waals surface area contributed by atoms with Gasteiger partial charge in [-0.15, -0.1) is 0 Å². The van der Waals surface area contributed by atoms with Crippen molar-refractivity contribution in [1.29, 1.82) is 0 Å². The van der Waals surface area contributed by atoms with Crippen molar-refractivity contribution in [2.45, 2.75) is 25.8 Å². The van der Waals surface area contributed by atoms with Crippen LogP contribution in [0.5, 0.6) is 5.75 Å². The third-order valence-electron chi connectivity index (χ3n) is 3.06. The molecule has 0 spiro atoms. The maximum atomic E-state index is 12.0. The Hall–Kier alpha value is -1.55. The summed E-state index contributed by atoms with van der Waals surface area (Å²) in [5.74, 6) is 0.792. The Kier molecular flexibility index (Phi) is 4.59. The molecule has 0 bridgehead atoms.